The molecule has 1 fully saturated rings. The van der Waals surface area contributed by atoms with E-state index in [0.717, 1.165) is 0 Å². The Morgan fingerprint density at radius 3 is 2.94 bits per heavy atom. The summed E-state index contributed by atoms with van der Waals surface area (Å²) in [6.07, 6.45) is 1.53. The summed E-state index contributed by atoms with van der Waals surface area (Å²) in [5.74, 6) is 0.556. The van der Waals surface area contributed by atoms with E-state index < -0.39 is 11.8 Å². The maximum atomic E-state index is 14.3. The van der Waals surface area contributed by atoms with Gasteiger partial charge in [0.15, 0.2) is 5.67 Å². The van der Waals surface area contributed by atoms with Gasteiger partial charge in [0.1, 0.15) is 6.33 Å². The van der Waals surface area contributed by atoms with Crippen LogP contribution in [0.4, 0.5) is 16.3 Å². The van der Waals surface area contributed by atoms with Gasteiger partial charge in [-0.25, -0.2) is 14.4 Å². The average molecular weight is 241 g/mol. The van der Waals surface area contributed by atoms with Crippen molar-refractivity contribution in [1.29, 1.82) is 0 Å². The predicted octanol–water partition coefficient (Wildman–Crippen LogP) is 0.407. The largest absolute Gasteiger partial charge is 0.378 e. The van der Waals surface area contributed by atoms with Crippen molar-refractivity contribution in [3.8, 4) is 0 Å². The summed E-state index contributed by atoms with van der Waals surface area (Å²) in [6.45, 7) is 2.36. The van der Waals surface area contributed by atoms with Gasteiger partial charge in [0, 0.05) is 13.7 Å². The number of alkyl halides is 1. The molecule has 0 aliphatic carbocycles. The molecule has 1 aromatic rings. The fourth-order valence-corrected chi connectivity index (χ4v) is 2.11. The van der Waals surface area contributed by atoms with Gasteiger partial charge in [-0.2, -0.15) is 4.98 Å². The summed E-state index contributed by atoms with van der Waals surface area (Å²) in [5.41, 5.74) is 4.06. The first-order valence-electron chi connectivity index (χ1n) is 5.44. The molecule has 2 heterocycles. The normalized spacial score (nSPS) is 29.4. The van der Waals surface area contributed by atoms with Crippen LogP contribution in [0.1, 0.15) is 13.3 Å². The maximum Gasteiger partial charge on any atom is 0.230 e. The first-order valence-corrected chi connectivity index (χ1v) is 5.44. The number of halogens is 1. The molecule has 0 aromatic carbocycles. The predicted molar refractivity (Wildman–Crippen MR) is 61.4 cm³/mol. The molecular weight excluding hydrogens is 225 g/mol. The molecule has 0 saturated carbocycles. The molecule has 17 heavy (non-hydrogen) atoms. The Labute approximate surface area is 99.0 Å². The van der Waals surface area contributed by atoms with Crippen molar-refractivity contribution in [2.45, 2.75) is 25.1 Å². The van der Waals surface area contributed by atoms with Crippen molar-refractivity contribution in [3.05, 3.63) is 6.33 Å². The molecule has 0 spiro atoms. The molecule has 0 unspecified atom stereocenters. The SMILES string of the molecule is CO[C@H]1CCN(c2ncnc(N)n2)C[C@@]1(C)F. The van der Waals surface area contributed by atoms with Crippen molar-refractivity contribution in [2.75, 3.05) is 30.8 Å². The highest BCUT2D eigenvalue weighted by Crippen LogP contribution is 2.29. The van der Waals surface area contributed by atoms with Crippen LogP contribution in [-0.2, 0) is 4.74 Å². The van der Waals surface area contributed by atoms with Gasteiger partial charge in [0.2, 0.25) is 11.9 Å². The van der Waals surface area contributed by atoms with E-state index in [9.17, 15) is 4.39 Å². The zero-order valence-corrected chi connectivity index (χ0v) is 9.93. The van der Waals surface area contributed by atoms with Gasteiger partial charge in [-0.05, 0) is 13.3 Å². The standard InChI is InChI=1S/C10H16FN5O/c1-10(11)5-16(4-3-7(10)17-2)9-14-6-13-8(12)15-9/h6-7H,3-5H2,1-2H3,(H2,12,13,14,15)/t7-,10+/m0/s1. The van der Waals surface area contributed by atoms with Gasteiger partial charge >= 0.3 is 0 Å². The molecule has 6 nitrogen and oxygen atoms in total. The van der Waals surface area contributed by atoms with Crippen molar-refractivity contribution < 1.29 is 9.13 Å². The Morgan fingerprint density at radius 1 is 1.59 bits per heavy atom. The highest BCUT2D eigenvalue weighted by molar-refractivity contribution is 5.35. The molecule has 2 N–H and O–H groups in total. The molecule has 1 aliphatic rings. The van der Waals surface area contributed by atoms with E-state index in [2.05, 4.69) is 15.0 Å². The summed E-state index contributed by atoms with van der Waals surface area (Å²) < 4.78 is 19.4. The van der Waals surface area contributed by atoms with E-state index in [1.54, 1.807) is 4.90 Å². The molecule has 0 bridgehead atoms. The number of hydrogen-bond donors (Lipinski definition) is 1. The van der Waals surface area contributed by atoms with Gasteiger partial charge in [0.05, 0.1) is 12.6 Å². The zero-order valence-electron chi connectivity index (χ0n) is 9.93. The molecule has 2 atom stereocenters. The van der Waals surface area contributed by atoms with Crippen LogP contribution in [0.25, 0.3) is 0 Å². The van der Waals surface area contributed by atoms with Crippen LogP contribution in [0.2, 0.25) is 0 Å². The molecular formula is C10H16FN5O. The minimum absolute atomic E-state index is 0.143. The third-order valence-electron chi connectivity index (χ3n) is 2.98. The summed E-state index contributed by atoms with van der Waals surface area (Å²) in [4.78, 5) is 13.5. The van der Waals surface area contributed by atoms with Crippen LogP contribution < -0.4 is 10.6 Å². The number of piperidine rings is 1. The highest BCUT2D eigenvalue weighted by atomic mass is 19.1. The van der Waals surface area contributed by atoms with Crippen LogP contribution >= 0.6 is 0 Å². The molecule has 7 heteroatoms. The van der Waals surface area contributed by atoms with Crippen molar-refractivity contribution >= 4 is 11.9 Å². The van der Waals surface area contributed by atoms with Gasteiger partial charge in [-0.3, -0.25) is 0 Å². The lowest BCUT2D eigenvalue weighted by atomic mass is 9.93. The number of nitrogen functional groups attached to an aromatic ring is 1. The molecule has 0 amide bonds. The number of nitrogens with zero attached hydrogens (tertiary/aromatic N) is 4. The number of nitrogens with two attached hydrogens (primary N) is 1. The third kappa shape index (κ3) is 2.44. The number of methoxy groups -OCH3 is 1. The lowest BCUT2D eigenvalue weighted by Crippen LogP contribution is -2.53. The zero-order chi connectivity index (χ0) is 12.5. The molecule has 1 aromatic heterocycles. The fraction of sp³-hybridized carbons (Fsp3) is 0.700. The Morgan fingerprint density at radius 2 is 2.35 bits per heavy atom. The van der Waals surface area contributed by atoms with Gasteiger partial charge < -0.3 is 15.4 Å². The van der Waals surface area contributed by atoms with Gasteiger partial charge in [-0.15, -0.1) is 0 Å². The third-order valence-corrected chi connectivity index (χ3v) is 2.98. The van der Waals surface area contributed by atoms with Crippen LogP contribution in [0, 0.1) is 0 Å². The van der Waals surface area contributed by atoms with E-state index in [4.69, 9.17) is 10.5 Å². The van der Waals surface area contributed by atoms with Crippen molar-refractivity contribution in [3.63, 3.8) is 0 Å². The van der Waals surface area contributed by atoms with Crippen LogP contribution in [0.3, 0.4) is 0 Å². The molecule has 2 rings (SSSR count). The summed E-state index contributed by atoms with van der Waals surface area (Å²) in [6, 6.07) is 0. The highest BCUT2D eigenvalue weighted by Gasteiger charge is 2.41. The summed E-state index contributed by atoms with van der Waals surface area (Å²) >= 11 is 0. The minimum Gasteiger partial charge on any atom is -0.378 e. The van der Waals surface area contributed by atoms with Gasteiger partial charge in [-0.1, -0.05) is 0 Å². The first kappa shape index (κ1) is 12.0. The molecule has 94 valence electrons. The average Bonchev–Trinajstić information content (AvgIpc) is 2.27. The van der Waals surface area contributed by atoms with E-state index in [1.165, 1.54) is 20.4 Å². The molecule has 1 saturated heterocycles. The van der Waals surface area contributed by atoms with Crippen molar-refractivity contribution in [1.82, 2.24) is 15.0 Å². The second kappa shape index (κ2) is 4.40. The minimum atomic E-state index is -1.42. The Bertz CT molecular complexity index is 400. The number of anilines is 2. The Kier molecular flexibility index (Phi) is 3.10. The van der Waals surface area contributed by atoms with E-state index >= 15 is 0 Å². The quantitative estimate of drug-likeness (QED) is 0.808. The lowest BCUT2D eigenvalue weighted by molar-refractivity contribution is -0.0381. The van der Waals surface area contributed by atoms with E-state index in [-0.39, 0.29) is 12.5 Å². The second-order valence-corrected chi connectivity index (χ2v) is 4.36. The number of aromatic nitrogens is 3. The number of hydrogen-bond acceptors (Lipinski definition) is 6. The van der Waals surface area contributed by atoms with E-state index in [1.807, 2.05) is 0 Å². The molecule has 0 radical (unpaired) electrons. The smallest absolute Gasteiger partial charge is 0.230 e. The monoisotopic (exact) mass is 241 g/mol. The fourth-order valence-electron chi connectivity index (χ4n) is 2.11. The first-order chi connectivity index (χ1) is 8.03. The number of ether oxygens (including phenoxy) is 1. The second-order valence-electron chi connectivity index (χ2n) is 4.36. The van der Waals surface area contributed by atoms with Gasteiger partial charge in [0.25, 0.3) is 0 Å². The maximum absolute atomic E-state index is 14.3. The Balaban J connectivity index is 2.15. The summed E-state index contributed by atoms with van der Waals surface area (Å²) in [5, 5.41) is 0. The number of rotatable bonds is 2. The lowest BCUT2D eigenvalue weighted by Gasteiger charge is -2.40. The van der Waals surface area contributed by atoms with Crippen LogP contribution in [0.15, 0.2) is 6.33 Å². The van der Waals surface area contributed by atoms with Crippen LogP contribution in [-0.4, -0.2) is 46.9 Å². The van der Waals surface area contributed by atoms with Crippen molar-refractivity contribution in [2.24, 2.45) is 0 Å². The van der Waals surface area contributed by atoms with Crippen LogP contribution in [0.5, 0.6) is 0 Å². The molecule has 1 aliphatic heterocycles. The summed E-state index contributed by atoms with van der Waals surface area (Å²) in [7, 11) is 1.53. The van der Waals surface area contributed by atoms with E-state index in [0.29, 0.717) is 18.9 Å². The Hall–Kier alpha value is -1.50. The topological polar surface area (TPSA) is 77.2 Å².